The Morgan fingerprint density at radius 1 is 0.797 bits per heavy atom. The van der Waals surface area contributed by atoms with Crippen LogP contribution >= 0.6 is 0 Å². The van der Waals surface area contributed by atoms with E-state index in [1.807, 2.05) is 113 Å². The van der Waals surface area contributed by atoms with Crippen molar-refractivity contribution < 1.29 is 33.8 Å². The van der Waals surface area contributed by atoms with E-state index in [-0.39, 0.29) is 25.4 Å². The molecule has 0 radical (unpaired) electrons. The number of hydrogen-bond donors (Lipinski definition) is 5. The number of amides is 4. The molecule has 4 aromatic rings. The Bertz CT molecular complexity index is 1970. The summed E-state index contributed by atoms with van der Waals surface area (Å²) in [5, 5.41) is 35.1. The minimum absolute atomic E-state index is 0.121. The average molecular weight is 814 g/mol. The molecule has 0 bridgehead atoms. The van der Waals surface area contributed by atoms with E-state index in [1.165, 1.54) is 14.2 Å². The van der Waals surface area contributed by atoms with Crippen LogP contribution < -0.4 is 21.4 Å². The Morgan fingerprint density at radius 3 is 1.97 bits per heavy atom. The first kappa shape index (κ1) is 45.8. The van der Waals surface area contributed by atoms with Crippen molar-refractivity contribution in [1.29, 1.82) is 0 Å². The molecule has 0 aliphatic heterocycles. The van der Waals surface area contributed by atoms with Crippen molar-refractivity contribution in [3.05, 3.63) is 102 Å². The van der Waals surface area contributed by atoms with Gasteiger partial charge in [0.15, 0.2) is 0 Å². The lowest BCUT2D eigenvalue weighted by atomic mass is 9.85. The van der Waals surface area contributed by atoms with E-state index in [9.17, 15) is 24.3 Å². The molecule has 59 heavy (non-hydrogen) atoms. The molecule has 0 aliphatic rings. The number of hydrogen-bond acceptors (Lipinski definition) is 11. The van der Waals surface area contributed by atoms with E-state index in [0.717, 1.165) is 22.3 Å². The van der Waals surface area contributed by atoms with Crippen LogP contribution in [0.15, 0.2) is 84.9 Å². The predicted octanol–water partition coefficient (Wildman–Crippen LogP) is 4.59. The van der Waals surface area contributed by atoms with E-state index >= 15 is 0 Å². The number of carbonyl (C=O) groups excluding carboxylic acids is 4. The fraction of sp³-hybridized carbons (Fsp3) is 0.465. The summed E-state index contributed by atoms with van der Waals surface area (Å²) < 4.78 is 9.59. The fourth-order valence-corrected chi connectivity index (χ4v) is 6.39. The first-order valence-electron chi connectivity index (χ1n) is 19.7. The first-order valence-corrected chi connectivity index (χ1v) is 19.7. The number of nitrogens with zero attached hydrogens (tertiary/aromatic N) is 5. The lowest BCUT2D eigenvalue weighted by Crippen LogP contribution is -2.60. The van der Waals surface area contributed by atoms with Crippen molar-refractivity contribution in [1.82, 2.24) is 46.6 Å². The topological polar surface area (TPSA) is 202 Å². The van der Waals surface area contributed by atoms with Crippen LogP contribution in [0, 0.1) is 11.3 Å². The van der Waals surface area contributed by atoms with Crippen LogP contribution in [0.2, 0.25) is 0 Å². The van der Waals surface area contributed by atoms with Gasteiger partial charge in [0.1, 0.15) is 17.6 Å². The SMILES string of the molecule is CC[C@H](C)[C@H](NC(=O)OC)C(=O)NN(Cc1ccc(-c2nnn(C(C)(C)c3ccccc3)n2)cc1)C[C@H](O)[C@H](Cc1ccccc1)NC(=O)[C@@H](NC(=O)OC)C(C)(C)C. The van der Waals surface area contributed by atoms with Crippen LogP contribution in [-0.4, -0.2) is 99.3 Å². The molecule has 4 amide bonds. The number of aromatic nitrogens is 4. The van der Waals surface area contributed by atoms with E-state index in [4.69, 9.17) is 9.47 Å². The molecular weight excluding hydrogens is 755 g/mol. The number of alkyl carbamates (subject to hydrolysis) is 2. The highest BCUT2D eigenvalue weighted by molar-refractivity contribution is 5.87. The zero-order valence-electron chi connectivity index (χ0n) is 35.4. The molecule has 0 saturated carbocycles. The van der Waals surface area contributed by atoms with Crippen molar-refractivity contribution >= 4 is 24.0 Å². The molecule has 1 aromatic heterocycles. The highest BCUT2D eigenvalue weighted by Crippen LogP contribution is 2.25. The third-order valence-corrected chi connectivity index (χ3v) is 10.3. The molecule has 0 aliphatic carbocycles. The van der Waals surface area contributed by atoms with Crippen LogP contribution in [0.1, 0.15) is 71.6 Å². The quantitative estimate of drug-likeness (QED) is 0.0881. The van der Waals surface area contributed by atoms with E-state index in [2.05, 4.69) is 36.8 Å². The van der Waals surface area contributed by atoms with Gasteiger partial charge >= 0.3 is 12.2 Å². The minimum atomic E-state index is -1.25. The van der Waals surface area contributed by atoms with Crippen LogP contribution in [0.25, 0.3) is 11.4 Å². The molecule has 0 saturated heterocycles. The van der Waals surface area contributed by atoms with Crippen molar-refractivity contribution in [3.8, 4) is 11.4 Å². The third-order valence-electron chi connectivity index (χ3n) is 10.3. The fourth-order valence-electron chi connectivity index (χ4n) is 6.39. The summed E-state index contributed by atoms with van der Waals surface area (Å²) in [6.45, 7) is 13.1. The molecule has 3 aromatic carbocycles. The van der Waals surface area contributed by atoms with E-state index < -0.39 is 59.2 Å². The van der Waals surface area contributed by atoms with Gasteiger partial charge in [-0.25, -0.2) is 14.6 Å². The first-order chi connectivity index (χ1) is 28.0. The molecule has 4 rings (SSSR count). The minimum Gasteiger partial charge on any atom is -0.453 e. The Balaban J connectivity index is 1.64. The lowest BCUT2D eigenvalue weighted by molar-refractivity contribution is -0.131. The van der Waals surface area contributed by atoms with Crippen LogP contribution in [0.4, 0.5) is 9.59 Å². The molecule has 5 N–H and O–H groups in total. The zero-order chi connectivity index (χ0) is 43.3. The standard InChI is InChI=1S/C43H59N9O7/c1-10-28(2)35(45-40(56)58-8)38(54)49-51(26-30-21-23-31(24-22-30)37-47-50-52(48-37)43(6,7)32-19-15-12-16-20-32)27-34(53)33(25-29-17-13-11-14-18-29)44-39(55)36(42(3,4)5)46-41(57)59-9/h11-24,28,33-36,53H,10,25-27H2,1-9H3,(H,44,55)(H,45,56)(H,46,57)(H,49,54)/t28-,33-,34-,35-,36+/m0/s1. The summed E-state index contributed by atoms with van der Waals surface area (Å²) in [5.74, 6) is -0.879. The van der Waals surface area contributed by atoms with Gasteiger partial charge in [-0.15, -0.1) is 10.2 Å². The molecule has 16 nitrogen and oxygen atoms in total. The van der Waals surface area contributed by atoms with Gasteiger partial charge in [-0.2, -0.15) is 4.80 Å². The van der Waals surface area contributed by atoms with Gasteiger partial charge in [-0.3, -0.25) is 15.0 Å². The van der Waals surface area contributed by atoms with Gasteiger partial charge in [0, 0.05) is 18.7 Å². The second-order valence-corrected chi connectivity index (χ2v) is 16.2. The molecular formula is C43H59N9O7. The van der Waals surface area contributed by atoms with Crippen molar-refractivity contribution in [3.63, 3.8) is 0 Å². The van der Waals surface area contributed by atoms with E-state index in [0.29, 0.717) is 12.2 Å². The predicted molar refractivity (Wildman–Crippen MR) is 222 cm³/mol. The maximum atomic E-state index is 13.9. The number of benzene rings is 3. The summed E-state index contributed by atoms with van der Waals surface area (Å²) >= 11 is 0. The molecule has 0 fully saturated rings. The summed E-state index contributed by atoms with van der Waals surface area (Å²) in [6.07, 6.45) is -1.97. The van der Waals surface area contributed by atoms with Crippen LogP contribution in [0.3, 0.4) is 0 Å². The number of rotatable bonds is 18. The van der Waals surface area contributed by atoms with Gasteiger partial charge in [0.05, 0.1) is 26.4 Å². The summed E-state index contributed by atoms with van der Waals surface area (Å²) in [5.41, 5.74) is 5.00. The van der Waals surface area contributed by atoms with Crippen LogP contribution in [-0.2, 0) is 37.6 Å². The monoisotopic (exact) mass is 813 g/mol. The number of ether oxygens (including phenoxy) is 2. The van der Waals surface area contributed by atoms with Crippen molar-refractivity contribution in [2.45, 2.75) is 97.6 Å². The number of nitrogens with one attached hydrogen (secondary N) is 4. The second kappa shape index (κ2) is 20.7. The third kappa shape index (κ3) is 12.8. The Hall–Kier alpha value is -5.87. The van der Waals surface area contributed by atoms with Gasteiger partial charge in [-0.1, -0.05) is 126 Å². The Kier molecular flexibility index (Phi) is 16.1. The van der Waals surface area contributed by atoms with Gasteiger partial charge < -0.3 is 30.5 Å². The maximum Gasteiger partial charge on any atom is 0.407 e. The number of aliphatic hydroxyl groups is 1. The lowest BCUT2D eigenvalue weighted by Gasteiger charge is -2.35. The number of methoxy groups -OCH3 is 2. The smallest absolute Gasteiger partial charge is 0.407 e. The maximum absolute atomic E-state index is 13.9. The normalized spacial score (nSPS) is 14.3. The van der Waals surface area contributed by atoms with E-state index in [1.54, 1.807) is 30.6 Å². The Morgan fingerprint density at radius 2 is 1.39 bits per heavy atom. The molecule has 318 valence electrons. The molecule has 16 heteroatoms. The van der Waals surface area contributed by atoms with Gasteiger partial charge in [0.2, 0.25) is 11.7 Å². The Labute approximate surface area is 346 Å². The second-order valence-electron chi connectivity index (χ2n) is 16.2. The van der Waals surface area contributed by atoms with Crippen LogP contribution in [0.5, 0.6) is 0 Å². The van der Waals surface area contributed by atoms with Crippen molar-refractivity contribution in [2.75, 3.05) is 20.8 Å². The highest BCUT2D eigenvalue weighted by Gasteiger charge is 2.36. The van der Waals surface area contributed by atoms with Gasteiger partial charge in [-0.05, 0) is 53.5 Å². The molecule has 0 unspecified atom stereocenters. The summed E-state index contributed by atoms with van der Waals surface area (Å²) in [7, 11) is 2.44. The molecule has 5 atom stereocenters. The number of tetrazole rings is 1. The molecule has 0 spiro atoms. The number of aliphatic hydroxyl groups excluding tert-OH is 1. The zero-order valence-corrected chi connectivity index (χ0v) is 35.4. The van der Waals surface area contributed by atoms with Gasteiger partial charge in [0.25, 0.3) is 5.91 Å². The highest BCUT2D eigenvalue weighted by atomic mass is 16.5. The largest absolute Gasteiger partial charge is 0.453 e. The molecule has 1 heterocycles. The van der Waals surface area contributed by atoms with Crippen molar-refractivity contribution in [2.24, 2.45) is 11.3 Å². The average Bonchev–Trinajstić information content (AvgIpc) is 3.73. The summed E-state index contributed by atoms with van der Waals surface area (Å²) in [6, 6.07) is 23.8. The number of hydrazine groups is 1. The number of carbonyl (C=O) groups is 4. The summed E-state index contributed by atoms with van der Waals surface area (Å²) in [4.78, 5) is 53.9.